The second-order valence-corrected chi connectivity index (χ2v) is 6.04. The van der Waals surface area contributed by atoms with Gasteiger partial charge >= 0.3 is 0 Å². The molecule has 0 unspecified atom stereocenters. The lowest BCUT2D eigenvalue weighted by atomic mass is 10.3. The number of hydrogen-bond donors (Lipinski definition) is 2. The second kappa shape index (κ2) is 6.88. The van der Waals surface area contributed by atoms with E-state index in [9.17, 15) is 21.6 Å². The minimum absolute atomic E-state index is 0.149. The molecule has 0 heterocycles. The molecule has 0 saturated heterocycles. The predicted molar refractivity (Wildman–Crippen MR) is 76.1 cm³/mol. The van der Waals surface area contributed by atoms with Crippen LogP contribution in [-0.4, -0.2) is 26.7 Å². The quantitative estimate of drug-likeness (QED) is 0.841. The molecule has 124 valence electrons. The number of rotatable bonds is 6. The third-order valence-electron chi connectivity index (χ3n) is 2.72. The van der Waals surface area contributed by atoms with Crippen molar-refractivity contribution in [3.05, 3.63) is 53.8 Å². The highest BCUT2D eigenvalue weighted by atomic mass is 32.2. The zero-order valence-electron chi connectivity index (χ0n) is 11.6. The number of halogens is 3. The Morgan fingerprint density at radius 1 is 1.04 bits per heavy atom. The highest BCUT2D eigenvalue weighted by molar-refractivity contribution is 7.92. The molecule has 9 heteroatoms. The molecule has 0 aliphatic rings. The van der Waals surface area contributed by atoms with Gasteiger partial charge in [0, 0.05) is 12.1 Å². The number of hydrogen-bond acceptors (Lipinski definition) is 4. The summed E-state index contributed by atoms with van der Waals surface area (Å²) in [5.41, 5.74) is -0.149. The molecule has 2 N–H and O–H groups in total. The normalized spacial score (nSPS) is 11.3. The Morgan fingerprint density at radius 3 is 2.35 bits per heavy atom. The molecule has 0 aliphatic carbocycles. The molecule has 0 fully saturated rings. The standard InChI is InChI=1S/C14H12F3NO4S/c15-9-2-4-14(11(17)7-9)23(20,21)18-12-3-1-10(16)8-13(12)22-6-5-19/h1-4,7-8,18-19H,5-6H2. The molecule has 2 rings (SSSR count). The van der Waals surface area contributed by atoms with E-state index in [0.717, 1.165) is 30.3 Å². The molecule has 0 aliphatic heterocycles. The summed E-state index contributed by atoms with van der Waals surface area (Å²) in [4.78, 5) is -0.767. The van der Waals surface area contributed by atoms with Crippen molar-refractivity contribution >= 4 is 15.7 Å². The van der Waals surface area contributed by atoms with Gasteiger partial charge in [0.2, 0.25) is 0 Å². The molecule has 0 radical (unpaired) electrons. The summed E-state index contributed by atoms with van der Waals surface area (Å²) in [6.07, 6.45) is 0. The molecule has 0 bridgehead atoms. The lowest BCUT2D eigenvalue weighted by Gasteiger charge is -2.13. The van der Waals surface area contributed by atoms with Gasteiger partial charge in [0.15, 0.2) is 0 Å². The van der Waals surface area contributed by atoms with Crippen molar-refractivity contribution in [3.8, 4) is 5.75 Å². The number of aliphatic hydroxyl groups is 1. The van der Waals surface area contributed by atoms with E-state index in [1.807, 2.05) is 4.72 Å². The van der Waals surface area contributed by atoms with Crippen LogP contribution in [0.5, 0.6) is 5.75 Å². The summed E-state index contributed by atoms with van der Waals surface area (Å²) < 4.78 is 71.1. The first-order chi connectivity index (χ1) is 10.8. The van der Waals surface area contributed by atoms with Gasteiger partial charge in [0.25, 0.3) is 10.0 Å². The van der Waals surface area contributed by atoms with Crippen LogP contribution in [0, 0.1) is 17.5 Å². The smallest absolute Gasteiger partial charge is 0.264 e. The van der Waals surface area contributed by atoms with Crippen LogP contribution in [0.1, 0.15) is 0 Å². The number of nitrogens with one attached hydrogen (secondary N) is 1. The number of benzene rings is 2. The minimum Gasteiger partial charge on any atom is -0.489 e. The summed E-state index contributed by atoms with van der Waals surface area (Å²) in [6, 6.07) is 4.97. The molecular weight excluding hydrogens is 335 g/mol. The van der Waals surface area contributed by atoms with Crippen LogP contribution < -0.4 is 9.46 Å². The Kier molecular flexibility index (Phi) is 5.12. The summed E-state index contributed by atoms with van der Waals surface area (Å²) in [5, 5.41) is 8.72. The van der Waals surface area contributed by atoms with Crippen molar-refractivity contribution in [2.45, 2.75) is 4.90 Å². The van der Waals surface area contributed by atoms with E-state index in [1.165, 1.54) is 0 Å². The fourth-order valence-corrected chi connectivity index (χ4v) is 2.88. The van der Waals surface area contributed by atoms with Crippen LogP contribution in [0.25, 0.3) is 0 Å². The average Bonchev–Trinajstić information content (AvgIpc) is 2.47. The highest BCUT2D eigenvalue weighted by Crippen LogP contribution is 2.28. The van der Waals surface area contributed by atoms with Crippen molar-refractivity contribution in [2.75, 3.05) is 17.9 Å². The monoisotopic (exact) mass is 347 g/mol. The second-order valence-electron chi connectivity index (χ2n) is 4.39. The molecule has 2 aromatic carbocycles. The van der Waals surface area contributed by atoms with Crippen LogP contribution in [0.2, 0.25) is 0 Å². The predicted octanol–water partition coefficient (Wildman–Crippen LogP) is 2.28. The Morgan fingerprint density at radius 2 is 1.70 bits per heavy atom. The van der Waals surface area contributed by atoms with Crippen molar-refractivity contribution in [1.29, 1.82) is 0 Å². The third kappa shape index (κ3) is 4.14. The highest BCUT2D eigenvalue weighted by Gasteiger charge is 2.21. The molecule has 0 atom stereocenters. The number of sulfonamides is 1. The molecule has 0 amide bonds. The van der Waals surface area contributed by atoms with Crippen molar-refractivity contribution in [2.24, 2.45) is 0 Å². The van der Waals surface area contributed by atoms with E-state index < -0.39 is 32.4 Å². The zero-order valence-corrected chi connectivity index (χ0v) is 12.4. The molecule has 2 aromatic rings. The van der Waals surface area contributed by atoms with E-state index in [-0.39, 0.29) is 24.7 Å². The van der Waals surface area contributed by atoms with Crippen molar-refractivity contribution in [1.82, 2.24) is 0 Å². The van der Waals surface area contributed by atoms with Crippen LogP contribution in [0.15, 0.2) is 41.3 Å². The summed E-state index contributed by atoms with van der Waals surface area (Å²) in [7, 11) is -4.38. The Labute approximate surface area is 130 Å². The zero-order chi connectivity index (χ0) is 17.0. The topological polar surface area (TPSA) is 75.6 Å². The number of anilines is 1. The van der Waals surface area contributed by atoms with Gasteiger partial charge in [-0.25, -0.2) is 21.6 Å². The van der Waals surface area contributed by atoms with Crippen LogP contribution in [0.4, 0.5) is 18.9 Å². The Hall–Kier alpha value is -2.26. The Balaban J connectivity index is 2.37. The first kappa shape index (κ1) is 17.1. The Bertz CT molecular complexity index is 812. The minimum atomic E-state index is -4.38. The lowest BCUT2D eigenvalue weighted by Crippen LogP contribution is -2.16. The molecular formula is C14H12F3NO4S. The summed E-state index contributed by atoms with van der Waals surface area (Å²) in [5.74, 6) is -3.05. The summed E-state index contributed by atoms with van der Waals surface area (Å²) in [6.45, 7) is -0.557. The van der Waals surface area contributed by atoms with E-state index >= 15 is 0 Å². The largest absolute Gasteiger partial charge is 0.489 e. The van der Waals surface area contributed by atoms with Crippen molar-refractivity contribution in [3.63, 3.8) is 0 Å². The molecule has 0 aromatic heterocycles. The average molecular weight is 347 g/mol. The van der Waals surface area contributed by atoms with Crippen molar-refractivity contribution < 1.29 is 31.4 Å². The first-order valence-corrected chi connectivity index (χ1v) is 7.83. The molecule has 0 saturated carbocycles. The van der Waals surface area contributed by atoms with E-state index in [0.29, 0.717) is 6.07 Å². The summed E-state index contributed by atoms with van der Waals surface area (Å²) >= 11 is 0. The van der Waals surface area contributed by atoms with E-state index in [1.54, 1.807) is 0 Å². The van der Waals surface area contributed by atoms with Gasteiger partial charge in [-0.15, -0.1) is 0 Å². The maximum atomic E-state index is 13.6. The van der Waals surface area contributed by atoms with Crippen LogP contribution in [0.3, 0.4) is 0 Å². The third-order valence-corrected chi connectivity index (χ3v) is 4.12. The fourth-order valence-electron chi connectivity index (χ4n) is 1.75. The SMILES string of the molecule is O=S(=O)(Nc1ccc(F)cc1OCCO)c1ccc(F)cc1F. The fraction of sp³-hybridized carbons (Fsp3) is 0.143. The maximum Gasteiger partial charge on any atom is 0.264 e. The van der Waals surface area contributed by atoms with Gasteiger partial charge < -0.3 is 9.84 Å². The van der Waals surface area contributed by atoms with Gasteiger partial charge in [-0.2, -0.15) is 0 Å². The van der Waals surface area contributed by atoms with Gasteiger partial charge in [0.05, 0.1) is 12.3 Å². The number of aliphatic hydroxyl groups excluding tert-OH is 1. The van der Waals surface area contributed by atoms with Crippen LogP contribution in [-0.2, 0) is 10.0 Å². The lowest BCUT2D eigenvalue weighted by molar-refractivity contribution is 0.201. The van der Waals surface area contributed by atoms with Gasteiger partial charge in [0.1, 0.15) is 34.7 Å². The van der Waals surface area contributed by atoms with Gasteiger partial charge in [-0.1, -0.05) is 0 Å². The van der Waals surface area contributed by atoms with Crippen LogP contribution >= 0.6 is 0 Å². The van der Waals surface area contributed by atoms with Gasteiger partial charge in [-0.3, -0.25) is 4.72 Å². The number of ether oxygens (including phenoxy) is 1. The first-order valence-electron chi connectivity index (χ1n) is 6.34. The van der Waals surface area contributed by atoms with E-state index in [4.69, 9.17) is 9.84 Å². The molecule has 5 nitrogen and oxygen atoms in total. The van der Waals surface area contributed by atoms with E-state index in [2.05, 4.69) is 0 Å². The van der Waals surface area contributed by atoms with Gasteiger partial charge in [-0.05, 0) is 24.3 Å². The maximum absolute atomic E-state index is 13.6. The molecule has 23 heavy (non-hydrogen) atoms. The molecule has 0 spiro atoms.